The van der Waals surface area contributed by atoms with Crippen molar-refractivity contribution in [2.75, 3.05) is 19.6 Å². The quantitative estimate of drug-likeness (QED) is 0.729. The summed E-state index contributed by atoms with van der Waals surface area (Å²) in [5.41, 5.74) is 1.67. The van der Waals surface area contributed by atoms with Crippen LogP contribution in [0.3, 0.4) is 0 Å². The van der Waals surface area contributed by atoms with Gasteiger partial charge in [-0.05, 0) is 50.7 Å². The summed E-state index contributed by atoms with van der Waals surface area (Å²) in [6, 6.07) is 8.59. The Bertz CT molecular complexity index is 994. The van der Waals surface area contributed by atoms with Gasteiger partial charge in [0, 0.05) is 31.6 Å². The second-order valence-corrected chi connectivity index (χ2v) is 10.8. The minimum atomic E-state index is -3.55. The summed E-state index contributed by atoms with van der Waals surface area (Å²) >= 11 is 0. The molecule has 0 spiro atoms. The molecule has 1 amide bonds. The lowest BCUT2D eigenvalue weighted by Gasteiger charge is -2.30. The first-order valence-corrected chi connectivity index (χ1v) is 12.7. The number of hydrogen-bond acceptors (Lipinski definition) is 5. The zero-order valence-corrected chi connectivity index (χ0v) is 18.9. The van der Waals surface area contributed by atoms with Crippen molar-refractivity contribution in [1.29, 1.82) is 0 Å². The molecule has 31 heavy (non-hydrogen) atoms. The minimum absolute atomic E-state index is 0.0855. The van der Waals surface area contributed by atoms with Gasteiger partial charge in [0.25, 0.3) is 5.91 Å². The minimum Gasteiger partial charge on any atom is -0.351 e. The Morgan fingerprint density at radius 2 is 1.87 bits per heavy atom. The van der Waals surface area contributed by atoms with E-state index < -0.39 is 10.0 Å². The van der Waals surface area contributed by atoms with E-state index in [-0.39, 0.29) is 17.6 Å². The van der Waals surface area contributed by atoms with Gasteiger partial charge in [0.15, 0.2) is 0 Å². The van der Waals surface area contributed by atoms with E-state index in [2.05, 4.69) is 10.5 Å². The number of nitrogens with zero attached hydrogens (tertiary/aromatic N) is 2. The molecule has 1 saturated heterocycles. The van der Waals surface area contributed by atoms with E-state index in [9.17, 15) is 13.2 Å². The number of sulfonamides is 1. The predicted molar refractivity (Wildman–Crippen MR) is 117 cm³/mol. The van der Waals surface area contributed by atoms with Gasteiger partial charge in [-0.2, -0.15) is 4.31 Å². The molecule has 2 fully saturated rings. The first-order chi connectivity index (χ1) is 14.9. The van der Waals surface area contributed by atoms with E-state index in [1.165, 1.54) is 23.6 Å². The Morgan fingerprint density at radius 3 is 2.61 bits per heavy atom. The maximum Gasteiger partial charge on any atom is 0.289 e. The van der Waals surface area contributed by atoms with Gasteiger partial charge >= 0.3 is 0 Å². The zero-order valence-electron chi connectivity index (χ0n) is 18.0. The topological polar surface area (TPSA) is 92.5 Å². The van der Waals surface area contributed by atoms with Crippen LogP contribution in [0.5, 0.6) is 0 Å². The molecule has 2 aliphatic rings. The molecule has 1 atom stereocenters. The van der Waals surface area contributed by atoms with Gasteiger partial charge < -0.3 is 9.84 Å². The molecular weight excluding hydrogens is 414 g/mol. The molecule has 1 aliphatic heterocycles. The van der Waals surface area contributed by atoms with Crippen molar-refractivity contribution in [2.45, 2.75) is 62.7 Å². The van der Waals surface area contributed by atoms with Crippen LogP contribution in [0.1, 0.15) is 72.7 Å². The number of piperidine rings is 1. The Balaban J connectivity index is 1.39. The van der Waals surface area contributed by atoms with Crippen LogP contribution in [0, 0.1) is 12.8 Å². The fraction of sp³-hybridized carbons (Fsp3) is 0.565. The SMILES string of the molecule is Cc1ccc(S(=O)(=O)N2CCC[C@H](c3cc(C(=O)NCC4CCCCC4)on3)C2)cc1. The highest BCUT2D eigenvalue weighted by Gasteiger charge is 2.32. The van der Waals surface area contributed by atoms with Crippen molar-refractivity contribution in [3.05, 3.63) is 47.3 Å². The Labute approximate surface area is 184 Å². The molecule has 7 nitrogen and oxygen atoms in total. The molecule has 8 heteroatoms. The number of benzene rings is 1. The lowest BCUT2D eigenvalue weighted by Crippen LogP contribution is -2.39. The third-order valence-electron chi connectivity index (χ3n) is 6.49. The lowest BCUT2D eigenvalue weighted by molar-refractivity contribution is 0.0906. The summed E-state index contributed by atoms with van der Waals surface area (Å²) in [5, 5.41) is 7.06. The second kappa shape index (κ2) is 9.53. The van der Waals surface area contributed by atoms with Crippen molar-refractivity contribution in [2.24, 2.45) is 5.92 Å². The van der Waals surface area contributed by atoms with Crippen LogP contribution >= 0.6 is 0 Å². The standard InChI is InChI=1S/C23H31N3O4S/c1-17-9-11-20(12-10-17)31(28,29)26-13-5-8-19(16-26)21-14-22(30-25-21)23(27)24-15-18-6-3-2-4-7-18/h9-12,14,18-19H,2-8,13,15-16H2,1H3,(H,24,27)/t19-/m0/s1. The maximum atomic E-state index is 13.0. The molecule has 2 heterocycles. The molecule has 4 rings (SSSR count). The van der Waals surface area contributed by atoms with E-state index in [0.29, 0.717) is 36.1 Å². The van der Waals surface area contributed by atoms with Gasteiger partial charge in [0.1, 0.15) is 0 Å². The average molecular weight is 446 g/mol. The van der Waals surface area contributed by atoms with E-state index in [1.54, 1.807) is 18.2 Å². The third kappa shape index (κ3) is 5.18. The first kappa shape index (κ1) is 22.0. The fourth-order valence-electron chi connectivity index (χ4n) is 4.57. The van der Waals surface area contributed by atoms with Crippen molar-refractivity contribution in [3.8, 4) is 0 Å². The highest BCUT2D eigenvalue weighted by Crippen LogP contribution is 2.30. The van der Waals surface area contributed by atoms with Crippen molar-refractivity contribution >= 4 is 15.9 Å². The number of carbonyl (C=O) groups excluding carboxylic acids is 1. The van der Waals surface area contributed by atoms with E-state index in [0.717, 1.165) is 31.2 Å². The van der Waals surface area contributed by atoms with Crippen LogP contribution in [-0.4, -0.2) is 43.4 Å². The van der Waals surface area contributed by atoms with Gasteiger partial charge in [-0.15, -0.1) is 0 Å². The predicted octanol–water partition coefficient (Wildman–Crippen LogP) is 3.86. The van der Waals surface area contributed by atoms with Crippen LogP contribution in [0.15, 0.2) is 39.8 Å². The van der Waals surface area contributed by atoms with Gasteiger partial charge in [-0.1, -0.05) is 42.1 Å². The first-order valence-electron chi connectivity index (χ1n) is 11.2. The molecule has 1 saturated carbocycles. The lowest BCUT2D eigenvalue weighted by atomic mass is 9.89. The van der Waals surface area contributed by atoms with Gasteiger partial charge in [0.05, 0.1) is 10.6 Å². The Hall–Kier alpha value is -2.19. The molecule has 1 N–H and O–H groups in total. The number of carbonyl (C=O) groups is 1. The van der Waals surface area contributed by atoms with E-state index in [4.69, 9.17) is 4.52 Å². The summed E-state index contributed by atoms with van der Waals surface area (Å²) in [5.74, 6) is 0.408. The highest BCUT2D eigenvalue weighted by molar-refractivity contribution is 7.89. The molecule has 0 unspecified atom stereocenters. The maximum absolute atomic E-state index is 13.0. The molecule has 168 valence electrons. The number of rotatable bonds is 6. The van der Waals surface area contributed by atoms with Crippen LogP contribution in [-0.2, 0) is 10.0 Å². The number of amides is 1. The smallest absolute Gasteiger partial charge is 0.289 e. The highest BCUT2D eigenvalue weighted by atomic mass is 32.2. The van der Waals surface area contributed by atoms with Crippen molar-refractivity contribution < 1.29 is 17.7 Å². The summed E-state index contributed by atoms with van der Waals surface area (Å²) < 4.78 is 32.9. The number of hydrogen-bond donors (Lipinski definition) is 1. The Morgan fingerprint density at radius 1 is 1.13 bits per heavy atom. The molecule has 0 radical (unpaired) electrons. The molecule has 0 bridgehead atoms. The summed E-state index contributed by atoms with van der Waals surface area (Å²) in [6.45, 7) is 3.42. The van der Waals surface area contributed by atoms with E-state index >= 15 is 0 Å². The Kier molecular flexibility index (Phi) is 6.77. The second-order valence-electron chi connectivity index (χ2n) is 8.85. The summed E-state index contributed by atoms with van der Waals surface area (Å²) in [7, 11) is -3.55. The normalized spacial score (nSPS) is 21.1. The zero-order chi connectivity index (χ0) is 21.8. The molecule has 1 aromatic carbocycles. The molecular formula is C23H31N3O4S. The van der Waals surface area contributed by atoms with E-state index in [1.807, 2.05) is 19.1 Å². The van der Waals surface area contributed by atoms with Crippen LogP contribution in [0.2, 0.25) is 0 Å². The number of nitrogens with one attached hydrogen (secondary N) is 1. The molecule has 1 aromatic heterocycles. The third-order valence-corrected chi connectivity index (χ3v) is 8.37. The monoisotopic (exact) mass is 445 g/mol. The van der Waals surface area contributed by atoms with Crippen LogP contribution < -0.4 is 5.32 Å². The average Bonchev–Trinajstić information content (AvgIpc) is 3.29. The number of aryl methyl sites for hydroxylation is 1. The van der Waals surface area contributed by atoms with Crippen LogP contribution in [0.4, 0.5) is 0 Å². The fourth-order valence-corrected chi connectivity index (χ4v) is 6.09. The van der Waals surface area contributed by atoms with Gasteiger partial charge in [-0.3, -0.25) is 4.79 Å². The van der Waals surface area contributed by atoms with Gasteiger partial charge in [-0.25, -0.2) is 8.42 Å². The van der Waals surface area contributed by atoms with Crippen molar-refractivity contribution in [1.82, 2.24) is 14.8 Å². The number of aromatic nitrogens is 1. The summed E-state index contributed by atoms with van der Waals surface area (Å²) in [6.07, 6.45) is 7.63. The van der Waals surface area contributed by atoms with Crippen molar-refractivity contribution in [3.63, 3.8) is 0 Å². The summed E-state index contributed by atoms with van der Waals surface area (Å²) in [4.78, 5) is 12.8. The van der Waals surface area contributed by atoms with Crippen LogP contribution in [0.25, 0.3) is 0 Å². The van der Waals surface area contributed by atoms with Gasteiger partial charge in [0.2, 0.25) is 15.8 Å². The molecule has 2 aromatic rings. The molecule has 1 aliphatic carbocycles. The largest absolute Gasteiger partial charge is 0.351 e.